The normalized spacial score (nSPS) is 11.0. The molecule has 0 saturated heterocycles. The number of carbonyl (C=O) groups is 1. The van der Waals surface area contributed by atoms with E-state index in [1.165, 1.54) is 4.90 Å². The Morgan fingerprint density at radius 1 is 1.14 bits per heavy atom. The van der Waals surface area contributed by atoms with E-state index in [9.17, 15) is 4.79 Å². The molecule has 3 rings (SSSR count). The number of hydrogen-bond acceptors (Lipinski definition) is 5. The predicted molar refractivity (Wildman–Crippen MR) is 115 cm³/mol. The molecule has 6 heteroatoms. The van der Waals surface area contributed by atoms with Crippen LogP contribution < -0.4 is 5.32 Å². The van der Waals surface area contributed by atoms with Gasteiger partial charge >= 0.3 is 0 Å². The molecule has 1 heterocycles. The van der Waals surface area contributed by atoms with Crippen molar-refractivity contribution in [3.05, 3.63) is 66.4 Å². The molecular weight excluding hydrogens is 370 g/mol. The van der Waals surface area contributed by atoms with E-state index < -0.39 is 0 Å². The smallest absolute Gasteiger partial charge is 0.238 e. The van der Waals surface area contributed by atoms with Crippen LogP contribution in [-0.4, -0.2) is 42.4 Å². The summed E-state index contributed by atoms with van der Waals surface area (Å²) in [4.78, 5) is 15.4. The van der Waals surface area contributed by atoms with E-state index in [-0.39, 0.29) is 5.91 Å². The number of rotatable bonds is 9. The molecule has 3 aromatic rings. The van der Waals surface area contributed by atoms with E-state index in [0.29, 0.717) is 6.54 Å². The highest BCUT2D eigenvalue weighted by molar-refractivity contribution is 7.98. The van der Waals surface area contributed by atoms with Crippen LogP contribution in [0.25, 0.3) is 11.3 Å². The second-order valence-electron chi connectivity index (χ2n) is 6.66. The van der Waals surface area contributed by atoms with Crippen LogP contribution in [0.3, 0.4) is 0 Å². The molecule has 0 fully saturated rings. The van der Waals surface area contributed by atoms with Gasteiger partial charge in [-0.3, -0.25) is 9.69 Å². The van der Waals surface area contributed by atoms with Crippen LogP contribution in [-0.2, 0) is 11.2 Å². The van der Waals surface area contributed by atoms with Crippen molar-refractivity contribution in [2.45, 2.75) is 17.7 Å². The molecule has 0 saturated carbocycles. The van der Waals surface area contributed by atoms with Crippen molar-refractivity contribution in [3.63, 3.8) is 0 Å². The first-order valence-corrected chi connectivity index (χ1v) is 10.5. The first kappa shape index (κ1) is 20.2. The number of thioether (sulfide) groups is 1. The number of carbonyl (C=O) groups excluding carboxylic acids is 1. The van der Waals surface area contributed by atoms with Crippen LogP contribution in [0.15, 0.2) is 70.1 Å². The monoisotopic (exact) mass is 395 g/mol. The molecule has 28 heavy (non-hydrogen) atoms. The van der Waals surface area contributed by atoms with Gasteiger partial charge < -0.3 is 9.84 Å². The van der Waals surface area contributed by atoms with Crippen LogP contribution in [0.5, 0.6) is 0 Å². The Hall–Kier alpha value is -2.57. The summed E-state index contributed by atoms with van der Waals surface area (Å²) in [6.07, 6.45) is 3.72. The van der Waals surface area contributed by atoms with Gasteiger partial charge in [-0.25, -0.2) is 0 Å². The van der Waals surface area contributed by atoms with Crippen LogP contribution in [0, 0.1) is 0 Å². The number of amides is 1. The molecule has 146 valence electrons. The van der Waals surface area contributed by atoms with Crippen molar-refractivity contribution in [2.75, 3.05) is 31.7 Å². The highest BCUT2D eigenvalue weighted by Crippen LogP contribution is 2.19. The average Bonchev–Trinajstić information content (AvgIpc) is 3.18. The molecule has 0 aliphatic carbocycles. The lowest BCUT2D eigenvalue weighted by molar-refractivity contribution is -0.117. The Morgan fingerprint density at radius 3 is 2.61 bits per heavy atom. The van der Waals surface area contributed by atoms with E-state index in [2.05, 4.69) is 10.5 Å². The van der Waals surface area contributed by atoms with E-state index in [0.717, 1.165) is 42.1 Å². The Labute approximate surface area is 170 Å². The summed E-state index contributed by atoms with van der Waals surface area (Å²) in [5, 5.41) is 7.07. The molecule has 0 aliphatic rings. The summed E-state index contributed by atoms with van der Waals surface area (Å²) in [7, 11) is 1.95. The van der Waals surface area contributed by atoms with E-state index in [1.54, 1.807) is 11.8 Å². The molecule has 0 radical (unpaired) electrons. The van der Waals surface area contributed by atoms with Crippen LogP contribution in [0.2, 0.25) is 0 Å². The summed E-state index contributed by atoms with van der Waals surface area (Å²) in [6, 6.07) is 19.8. The quantitative estimate of drug-likeness (QED) is 0.538. The predicted octanol–water partition coefficient (Wildman–Crippen LogP) is 4.57. The zero-order valence-electron chi connectivity index (χ0n) is 16.2. The van der Waals surface area contributed by atoms with Crippen molar-refractivity contribution in [1.82, 2.24) is 10.1 Å². The average molecular weight is 396 g/mol. The third-order valence-corrected chi connectivity index (χ3v) is 5.12. The van der Waals surface area contributed by atoms with Gasteiger partial charge in [0.25, 0.3) is 0 Å². The maximum Gasteiger partial charge on any atom is 0.238 e. The fourth-order valence-corrected chi connectivity index (χ4v) is 3.31. The standard InChI is InChI=1S/C22H25N3O2S/c1-25(16-22(26)23-18-10-12-20(28-2)13-11-18)14-6-9-19-15-21(24-27-19)17-7-4-3-5-8-17/h3-5,7-8,10-13,15H,6,9,14,16H2,1-2H3,(H,23,26). The second-order valence-corrected chi connectivity index (χ2v) is 7.54. The van der Waals surface area contributed by atoms with Gasteiger partial charge in [0, 0.05) is 28.6 Å². The third-order valence-electron chi connectivity index (χ3n) is 4.38. The van der Waals surface area contributed by atoms with E-state index >= 15 is 0 Å². The Bertz CT molecular complexity index is 878. The van der Waals surface area contributed by atoms with Crippen LogP contribution in [0.4, 0.5) is 5.69 Å². The number of nitrogens with one attached hydrogen (secondary N) is 1. The lowest BCUT2D eigenvalue weighted by Gasteiger charge is -2.15. The number of nitrogens with zero attached hydrogens (tertiary/aromatic N) is 2. The minimum absolute atomic E-state index is 0.00886. The molecule has 5 nitrogen and oxygen atoms in total. The summed E-state index contributed by atoms with van der Waals surface area (Å²) in [5.74, 6) is 0.857. The first-order valence-electron chi connectivity index (χ1n) is 9.27. The lowest BCUT2D eigenvalue weighted by atomic mass is 10.1. The minimum Gasteiger partial charge on any atom is -0.361 e. The zero-order chi connectivity index (χ0) is 19.8. The Morgan fingerprint density at radius 2 is 1.89 bits per heavy atom. The van der Waals surface area contributed by atoms with E-state index in [4.69, 9.17) is 4.52 Å². The van der Waals surface area contributed by atoms with Crippen LogP contribution >= 0.6 is 11.8 Å². The van der Waals surface area contributed by atoms with Gasteiger partial charge in [-0.2, -0.15) is 0 Å². The number of anilines is 1. The van der Waals surface area contributed by atoms with Gasteiger partial charge in [-0.05, 0) is 50.5 Å². The molecule has 0 unspecified atom stereocenters. The zero-order valence-corrected chi connectivity index (χ0v) is 17.0. The van der Waals surface area contributed by atoms with Gasteiger partial charge in [0.2, 0.25) is 5.91 Å². The summed E-state index contributed by atoms with van der Waals surface area (Å²) in [6.45, 7) is 1.16. The molecule has 1 N–H and O–H groups in total. The molecule has 0 atom stereocenters. The summed E-state index contributed by atoms with van der Waals surface area (Å²) >= 11 is 1.68. The maximum absolute atomic E-state index is 12.2. The topological polar surface area (TPSA) is 58.4 Å². The lowest BCUT2D eigenvalue weighted by Crippen LogP contribution is -2.31. The third kappa shape index (κ3) is 5.97. The van der Waals surface area contributed by atoms with Crippen molar-refractivity contribution in [3.8, 4) is 11.3 Å². The molecule has 0 spiro atoms. The van der Waals surface area contributed by atoms with Crippen molar-refractivity contribution >= 4 is 23.4 Å². The SMILES string of the molecule is CSc1ccc(NC(=O)CN(C)CCCc2cc(-c3ccccc3)no2)cc1. The highest BCUT2D eigenvalue weighted by atomic mass is 32.2. The maximum atomic E-state index is 12.2. The van der Waals surface area contributed by atoms with Gasteiger partial charge in [0.15, 0.2) is 0 Å². The number of hydrogen-bond donors (Lipinski definition) is 1. The number of benzene rings is 2. The molecule has 2 aromatic carbocycles. The molecular formula is C22H25N3O2S. The second kappa shape index (κ2) is 10.1. The van der Waals surface area contributed by atoms with Crippen LogP contribution in [0.1, 0.15) is 12.2 Å². The molecule has 1 amide bonds. The van der Waals surface area contributed by atoms with Crippen molar-refractivity contribution in [2.24, 2.45) is 0 Å². The highest BCUT2D eigenvalue weighted by Gasteiger charge is 2.09. The van der Waals surface area contributed by atoms with Gasteiger partial charge in [0.05, 0.1) is 6.54 Å². The number of likely N-dealkylation sites (N-methyl/N-ethyl adjacent to an activating group) is 1. The summed E-state index contributed by atoms with van der Waals surface area (Å²) < 4.78 is 5.43. The van der Waals surface area contributed by atoms with E-state index in [1.807, 2.05) is 78.9 Å². The fourth-order valence-electron chi connectivity index (χ4n) is 2.90. The Kier molecular flexibility index (Phi) is 7.28. The summed E-state index contributed by atoms with van der Waals surface area (Å²) in [5.41, 5.74) is 2.74. The van der Waals surface area contributed by atoms with Gasteiger partial charge in [-0.1, -0.05) is 35.5 Å². The van der Waals surface area contributed by atoms with Gasteiger partial charge in [-0.15, -0.1) is 11.8 Å². The molecule has 1 aromatic heterocycles. The van der Waals surface area contributed by atoms with Gasteiger partial charge in [0.1, 0.15) is 11.5 Å². The largest absolute Gasteiger partial charge is 0.361 e. The Balaban J connectivity index is 1.40. The number of aryl methyl sites for hydroxylation is 1. The molecule has 0 aliphatic heterocycles. The van der Waals surface area contributed by atoms with Crippen molar-refractivity contribution < 1.29 is 9.32 Å². The fraction of sp³-hybridized carbons (Fsp3) is 0.273. The number of aromatic nitrogens is 1. The van der Waals surface area contributed by atoms with Crippen molar-refractivity contribution in [1.29, 1.82) is 0 Å². The first-order chi connectivity index (χ1) is 13.6. The minimum atomic E-state index is -0.00886. The molecule has 0 bridgehead atoms.